The molecule has 6 heteroatoms. The maximum Gasteiger partial charge on any atom is 0.270 e. The molecule has 3 aromatic carbocycles. The summed E-state index contributed by atoms with van der Waals surface area (Å²) in [6.45, 7) is 0.230. The molecule has 0 saturated heterocycles. The largest absolute Gasteiger partial charge is 0.347 e. The molecule has 29 heavy (non-hydrogen) atoms. The van der Waals surface area contributed by atoms with Gasteiger partial charge in [-0.2, -0.15) is 5.10 Å². The van der Waals surface area contributed by atoms with Gasteiger partial charge in [-0.1, -0.05) is 42.5 Å². The van der Waals surface area contributed by atoms with Crippen LogP contribution < -0.4 is 5.32 Å². The second-order valence-electron chi connectivity index (χ2n) is 6.45. The van der Waals surface area contributed by atoms with Gasteiger partial charge in [-0.25, -0.2) is 13.5 Å². The van der Waals surface area contributed by atoms with Crippen molar-refractivity contribution < 1.29 is 13.6 Å². The van der Waals surface area contributed by atoms with E-state index in [1.807, 2.05) is 30.3 Å². The second kappa shape index (κ2) is 8.06. The molecule has 0 atom stereocenters. The van der Waals surface area contributed by atoms with E-state index in [0.717, 1.165) is 5.56 Å². The molecule has 0 aliphatic carbocycles. The van der Waals surface area contributed by atoms with Gasteiger partial charge in [-0.3, -0.25) is 4.79 Å². The molecular formula is C23H17F2N3O. The molecule has 0 aliphatic heterocycles. The van der Waals surface area contributed by atoms with E-state index in [-0.39, 0.29) is 24.0 Å². The van der Waals surface area contributed by atoms with Crippen LogP contribution in [0.1, 0.15) is 16.1 Å². The molecule has 0 bridgehead atoms. The topological polar surface area (TPSA) is 46.9 Å². The highest BCUT2D eigenvalue weighted by atomic mass is 19.1. The number of amides is 1. The van der Waals surface area contributed by atoms with E-state index in [9.17, 15) is 13.6 Å². The molecule has 1 N–H and O–H groups in total. The van der Waals surface area contributed by atoms with E-state index in [2.05, 4.69) is 10.4 Å². The molecule has 1 heterocycles. The zero-order valence-corrected chi connectivity index (χ0v) is 15.3. The third-order valence-corrected chi connectivity index (χ3v) is 4.46. The first kappa shape index (κ1) is 18.6. The molecule has 4 rings (SSSR count). The number of hydrogen-bond acceptors (Lipinski definition) is 2. The van der Waals surface area contributed by atoms with Gasteiger partial charge in [-0.15, -0.1) is 0 Å². The summed E-state index contributed by atoms with van der Waals surface area (Å²) in [6, 6.07) is 22.9. The predicted octanol–water partition coefficient (Wildman–Crippen LogP) is 4.75. The summed E-state index contributed by atoms with van der Waals surface area (Å²) in [5.74, 6) is -1.12. The zero-order valence-electron chi connectivity index (χ0n) is 15.3. The fraction of sp³-hybridized carbons (Fsp3) is 0.0435. The third-order valence-electron chi connectivity index (χ3n) is 4.46. The molecule has 0 aliphatic rings. The van der Waals surface area contributed by atoms with Crippen molar-refractivity contribution >= 4 is 5.91 Å². The van der Waals surface area contributed by atoms with Crippen LogP contribution in [0.3, 0.4) is 0 Å². The lowest BCUT2D eigenvalue weighted by Crippen LogP contribution is -2.25. The summed E-state index contributed by atoms with van der Waals surface area (Å²) in [5.41, 5.74) is 2.40. The Balaban J connectivity index is 1.68. The van der Waals surface area contributed by atoms with Gasteiger partial charge in [0, 0.05) is 12.1 Å². The van der Waals surface area contributed by atoms with Crippen LogP contribution in [0.5, 0.6) is 0 Å². The fourth-order valence-electron chi connectivity index (χ4n) is 2.98. The Labute approximate surface area is 166 Å². The van der Waals surface area contributed by atoms with Crippen LogP contribution >= 0.6 is 0 Å². The third kappa shape index (κ3) is 4.06. The Morgan fingerprint density at radius 2 is 1.59 bits per heavy atom. The lowest BCUT2D eigenvalue weighted by molar-refractivity contribution is 0.0943. The van der Waals surface area contributed by atoms with E-state index in [1.54, 1.807) is 36.4 Å². The summed E-state index contributed by atoms with van der Waals surface area (Å²) < 4.78 is 28.8. The highest BCUT2D eigenvalue weighted by molar-refractivity contribution is 5.94. The minimum Gasteiger partial charge on any atom is -0.347 e. The van der Waals surface area contributed by atoms with Crippen molar-refractivity contribution in [3.63, 3.8) is 0 Å². The van der Waals surface area contributed by atoms with Crippen LogP contribution in [0.15, 0.2) is 84.9 Å². The van der Waals surface area contributed by atoms with Gasteiger partial charge < -0.3 is 5.32 Å². The Morgan fingerprint density at radius 3 is 2.31 bits per heavy atom. The normalized spacial score (nSPS) is 10.7. The van der Waals surface area contributed by atoms with E-state index in [4.69, 9.17) is 0 Å². The van der Waals surface area contributed by atoms with Crippen molar-refractivity contribution in [3.05, 3.63) is 108 Å². The molecule has 0 radical (unpaired) electrons. The standard InChI is InChI=1S/C23H17F2N3O/c24-17-12-10-16(11-13-17)15-26-23(29)22-14-21(19-8-4-5-9-20(19)25)27-28(22)18-6-2-1-3-7-18/h1-14H,15H2,(H,26,29). The Morgan fingerprint density at radius 1 is 0.897 bits per heavy atom. The average molecular weight is 389 g/mol. The van der Waals surface area contributed by atoms with Gasteiger partial charge in [-0.05, 0) is 48.0 Å². The number of para-hydroxylation sites is 1. The van der Waals surface area contributed by atoms with Gasteiger partial charge in [0.25, 0.3) is 5.91 Å². The first-order chi connectivity index (χ1) is 14.1. The van der Waals surface area contributed by atoms with Crippen molar-refractivity contribution in [2.75, 3.05) is 0 Å². The number of rotatable bonds is 5. The van der Waals surface area contributed by atoms with Crippen molar-refractivity contribution in [1.29, 1.82) is 0 Å². The van der Waals surface area contributed by atoms with E-state index in [1.165, 1.54) is 22.9 Å². The second-order valence-corrected chi connectivity index (χ2v) is 6.45. The first-order valence-corrected chi connectivity index (χ1v) is 9.05. The number of nitrogens with zero attached hydrogens (tertiary/aromatic N) is 2. The molecule has 0 saturated carbocycles. The van der Waals surface area contributed by atoms with E-state index >= 15 is 0 Å². The quantitative estimate of drug-likeness (QED) is 0.536. The van der Waals surface area contributed by atoms with Crippen molar-refractivity contribution in [3.8, 4) is 16.9 Å². The number of nitrogens with one attached hydrogen (secondary N) is 1. The minimum absolute atomic E-state index is 0.230. The Hall–Kier alpha value is -3.80. The van der Waals surface area contributed by atoms with Gasteiger partial charge in [0.05, 0.1) is 11.4 Å². The fourth-order valence-corrected chi connectivity index (χ4v) is 2.98. The SMILES string of the molecule is O=C(NCc1ccc(F)cc1)c1cc(-c2ccccc2F)nn1-c1ccccc1. The molecule has 0 unspecified atom stereocenters. The number of benzene rings is 3. The van der Waals surface area contributed by atoms with Crippen LogP contribution in [0.25, 0.3) is 16.9 Å². The summed E-state index contributed by atoms with van der Waals surface area (Å²) >= 11 is 0. The molecule has 0 fully saturated rings. The maximum absolute atomic E-state index is 14.2. The lowest BCUT2D eigenvalue weighted by Gasteiger charge is -2.08. The number of carbonyl (C=O) groups is 1. The van der Waals surface area contributed by atoms with Crippen LogP contribution in [-0.4, -0.2) is 15.7 Å². The molecule has 1 aromatic heterocycles. The Kier molecular flexibility index (Phi) is 5.16. The molecule has 4 nitrogen and oxygen atoms in total. The molecular weight excluding hydrogens is 372 g/mol. The van der Waals surface area contributed by atoms with Gasteiger partial charge in [0.15, 0.2) is 0 Å². The van der Waals surface area contributed by atoms with E-state index in [0.29, 0.717) is 16.9 Å². The number of aromatic nitrogens is 2. The van der Waals surface area contributed by atoms with Crippen LogP contribution in [0.4, 0.5) is 8.78 Å². The van der Waals surface area contributed by atoms with Gasteiger partial charge >= 0.3 is 0 Å². The van der Waals surface area contributed by atoms with Crippen LogP contribution in [-0.2, 0) is 6.54 Å². The van der Waals surface area contributed by atoms with Crippen LogP contribution in [0, 0.1) is 11.6 Å². The molecule has 4 aromatic rings. The van der Waals surface area contributed by atoms with E-state index < -0.39 is 5.82 Å². The highest BCUT2D eigenvalue weighted by Gasteiger charge is 2.19. The number of hydrogen-bond donors (Lipinski definition) is 1. The lowest BCUT2D eigenvalue weighted by atomic mass is 10.1. The number of halogens is 2. The smallest absolute Gasteiger partial charge is 0.270 e. The van der Waals surface area contributed by atoms with Gasteiger partial charge in [0.2, 0.25) is 0 Å². The zero-order chi connectivity index (χ0) is 20.2. The van der Waals surface area contributed by atoms with Crippen molar-refractivity contribution in [2.24, 2.45) is 0 Å². The predicted molar refractivity (Wildman–Crippen MR) is 107 cm³/mol. The van der Waals surface area contributed by atoms with Crippen LogP contribution in [0.2, 0.25) is 0 Å². The monoisotopic (exact) mass is 389 g/mol. The average Bonchev–Trinajstić information content (AvgIpc) is 3.19. The first-order valence-electron chi connectivity index (χ1n) is 9.05. The summed E-state index contributed by atoms with van der Waals surface area (Å²) in [7, 11) is 0. The maximum atomic E-state index is 14.2. The molecule has 144 valence electrons. The summed E-state index contributed by atoms with van der Waals surface area (Å²) in [4.78, 5) is 12.9. The molecule has 0 spiro atoms. The highest BCUT2D eigenvalue weighted by Crippen LogP contribution is 2.24. The Bertz CT molecular complexity index is 1140. The number of carbonyl (C=O) groups excluding carboxylic acids is 1. The molecule has 1 amide bonds. The van der Waals surface area contributed by atoms with Gasteiger partial charge in [0.1, 0.15) is 17.3 Å². The summed E-state index contributed by atoms with van der Waals surface area (Å²) in [6.07, 6.45) is 0. The van der Waals surface area contributed by atoms with Crippen molar-refractivity contribution in [2.45, 2.75) is 6.54 Å². The van der Waals surface area contributed by atoms with Crippen molar-refractivity contribution in [1.82, 2.24) is 15.1 Å². The summed E-state index contributed by atoms with van der Waals surface area (Å²) in [5, 5.41) is 7.27. The minimum atomic E-state index is -0.413.